The van der Waals surface area contributed by atoms with Gasteiger partial charge in [-0.05, 0) is 25.1 Å². The van der Waals surface area contributed by atoms with Crippen molar-refractivity contribution in [3.05, 3.63) is 88.2 Å². The number of thioether (sulfide) groups is 1. The van der Waals surface area contributed by atoms with E-state index in [-0.39, 0.29) is 17.3 Å². The van der Waals surface area contributed by atoms with Crippen molar-refractivity contribution in [3.8, 4) is 11.9 Å². The van der Waals surface area contributed by atoms with Crippen LogP contribution >= 0.6 is 11.8 Å². The van der Waals surface area contributed by atoms with Gasteiger partial charge in [-0.15, -0.1) is 16.9 Å². The summed E-state index contributed by atoms with van der Waals surface area (Å²) in [5.74, 6) is -0.267. The van der Waals surface area contributed by atoms with Crippen molar-refractivity contribution in [2.45, 2.75) is 23.5 Å². The van der Waals surface area contributed by atoms with Gasteiger partial charge >= 0.3 is 0 Å². The Balaban J connectivity index is 1.74. The van der Waals surface area contributed by atoms with Gasteiger partial charge in [0.15, 0.2) is 0 Å². The predicted octanol–water partition coefficient (Wildman–Crippen LogP) is 4.37. The molecule has 2 aromatic carbocycles. The summed E-state index contributed by atoms with van der Waals surface area (Å²) in [4.78, 5) is 1.10. The lowest BCUT2D eigenvalue weighted by atomic mass is 9.84. The molecule has 1 atom stereocenters. The van der Waals surface area contributed by atoms with Gasteiger partial charge in [0.1, 0.15) is 17.5 Å². The fourth-order valence-corrected chi connectivity index (χ4v) is 4.09. The number of nitriles is 1. The van der Waals surface area contributed by atoms with Crippen LogP contribution in [0.3, 0.4) is 0 Å². The summed E-state index contributed by atoms with van der Waals surface area (Å²) >= 11 is 1.62. The van der Waals surface area contributed by atoms with Gasteiger partial charge in [0.05, 0.1) is 17.2 Å². The minimum absolute atomic E-state index is 0.0486. The molecule has 0 bridgehead atoms. The zero-order valence-electron chi connectivity index (χ0n) is 15.1. The number of benzene rings is 2. The van der Waals surface area contributed by atoms with E-state index < -0.39 is 11.7 Å². The fourth-order valence-electron chi connectivity index (χ4n) is 3.23. The Hall–Kier alpha value is -3.24. The topological polar surface area (TPSA) is 87.7 Å². The van der Waals surface area contributed by atoms with Crippen LogP contribution in [-0.4, -0.2) is 10.2 Å². The Kier molecular flexibility index (Phi) is 4.80. The molecule has 0 spiro atoms. The molecule has 0 fully saturated rings. The van der Waals surface area contributed by atoms with Crippen LogP contribution in [0.15, 0.2) is 64.9 Å². The standard InChI is InChI=1S/C21H17FN4OS/c1-12-6-8-13(9-7-12)28-11-17-19-18(14-4-2-3-5-16(14)22)15(10-23)20(24)27-21(19)26-25-17/h2-9,18H,11,24H2,1H3,(H,25,26)/t18-/m1/s1. The molecule has 7 heteroatoms. The van der Waals surface area contributed by atoms with E-state index in [0.29, 0.717) is 16.9 Å². The second kappa shape index (κ2) is 7.41. The number of hydrogen-bond donors (Lipinski definition) is 2. The molecule has 4 rings (SSSR count). The van der Waals surface area contributed by atoms with Gasteiger partial charge in [-0.3, -0.25) is 5.10 Å². The van der Waals surface area contributed by atoms with Crippen molar-refractivity contribution < 1.29 is 9.13 Å². The Morgan fingerprint density at radius 2 is 2.00 bits per heavy atom. The Labute approximate surface area is 166 Å². The summed E-state index contributed by atoms with van der Waals surface area (Å²) in [7, 11) is 0. The number of ether oxygens (including phenoxy) is 1. The quantitative estimate of drug-likeness (QED) is 0.644. The SMILES string of the molecule is Cc1ccc(SCc2[nH]nc3c2[C@H](c2ccccc2F)C(C#N)=C(N)O3)cc1. The van der Waals surface area contributed by atoms with Crippen molar-refractivity contribution in [1.82, 2.24) is 10.2 Å². The number of aromatic amines is 1. The van der Waals surface area contributed by atoms with E-state index in [1.807, 2.05) is 31.2 Å². The average Bonchev–Trinajstić information content (AvgIpc) is 3.09. The van der Waals surface area contributed by atoms with Crippen molar-refractivity contribution in [2.24, 2.45) is 5.73 Å². The molecule has 140 valence electrons. The summed E-state index contributed by atoms with van der Waals surface area (Å²) in [6.07, 6.45) is 0. The molecule has 3 N–H and O–H groups in total. The zero-order chi connectivity index (χ0) is 19.7. The van der Waals surface area contributed by atoms with Crippen LogP contribution in [0, 0.1) is 24.1 Å². The summed E-state index contributed by atoms with van der Waals surface area (Å²) < 4.78 is 20.1. The second-order valence-electron chi connectivity index (χ2n) is 6.47. The monoisotopic (exact) mass is 392 g/mol. The van der Waals surface area contributed by atoms with Crippen LogP contribution in [0.4, 0.5) is 4.39 Å². The molecule has 0 aliphatic carbocycles. The molecule has 0 saturated heterocycles. The first-order chi connectivity index (χ1) is 13.6. The number of rotatable bonds is 4. The van der Waals surface area contributed by atoms with Gasteiger partial charge in [0.25, 0.3) is 0 Å². The minimum Gasteiger partial charge on any atom is -0.420 e. The highest BCUT2D eigenvalue weighted by atomic mass is 32.2. The number of aryl methyl sites for hydroxylation is 1. The number of nitrogens with two attached hydrogens (primary N) is 1. The summed E-state index contributed by atoms with van der Waals surface area (Å²) in [5, 5.41) is 16.8. The van der Waals surface area contributed by atoms with Crippen molar-refractivity contribution >= 4 is 11.8 Å². The lowest BCUT2D eigenvalue weighted by Crippen LogP contribution is -2.21. The molecule has 0 amide bonds. The molecule has 1 aromatic heterocycles. The van der Waals surface area contributed by atoms with E-state index in [2.05, 4.69) is 16.3 Å². The molecule has 28 heavy (non-hydrogen) atoms. The fraction of sp³-hybridized carbons (Fsp3) is 0.143. The zero-order valence-corrected chi connectivity index (χ0v) is 15.9. The van der Waals surface area contributed by atoms with Crippen molar-refractivity contribution in [1.29, 1.82) is 5.26 Å². The van der Waals surface area contributed by atoms with E-state index >= 15 is 0 Å². The molecule has 5 nitrogen and oxygen atoms in total. The Morgan fingerprint density at radius 1 is 1.25 bits per heavy atom. The first-order valence-corrected chi connectivity index (χ1v) is 9.65. The average molecular weight is 392 g/mol. The van der Waals surface area contributed by atoms with E-state index in [9.17, 15) is 9.65 Å². The van der Waals surface area contributed by atoms with Gasteiger partial charge in [-0.2, -0.15) is 5.26 Å². The number of nitrogens with one attached hydrogen (secondary N) is 1. The molecular weight excluding hydrogens is 375 g/mol. The first kappa shape index (κ1) is 18.1. The van der Waals surface area contributed by atoms with Crippen LogP contribution in [0.25, 0.3) is 0 Å². The van der Waals surface area contributed by atoms with Gasteiger partial charge in [-0.1, -0.05) is 35.9 Å². The first-order valence-electron chi connectivity index (χ1n) is 8.67. The molecule has 2 heterocycles. The second-order valence-corrected chi connectivity index (χ2v) is 7.52. The van der Waals surface area contributed by atoms with Gasteiger partial charge in [-0.25, -0.2) is 4.39 Å². The molecule has 1 aliphatic heterocycles. The number of aromatic nitrogens is 2. The van der Waals surface area contributed by atoms with Crippen molar-refractivity contribution in [3.63, 3.8) is 0 Å². The van der Waals surface area contributed by atoms with E-state index in [1.54, 1.807) is 30.0 Å². The van der Waals surface area contributed by atoms with Gasteiger partial charge in [0, 0.05) is 16.2 Å². The summed E-state index contributed by atoms with van der Waals surface area (Å²) in [6, 6.07) is 16.7. The van der Waals surface area contributed by atoms with Gasteiger partial charge in [0.2, 0.25) is 11.8 Å². The lowest BCUT2D eigenvalue weighted by molar-refractivity contribution is 0.378. The van der Waals surface area contributed by atoms with E-state index in [0.717, 1.165) is 10.6 Å². The lowest BCUT2D eigenvalue weighted by Gasteiger charge is -2.24. The van der Waals surface area contributed by atoms with Crippen LogP contribution in [-0.2, 0) is 5.75 Å². The maximum Gasteiger partial charge on any atom is 0.244 e. The number of hydrogen-bond acceptors (Lipinski definition) is 5. The summed E-state index contributed by atoms with van der Waals surface area (Å²) in [6.45, 7) is 2.04. The van der Waals surface area contributed by atoms with Gasteiger partial charge < -0.3 is 10.5 Å². The maximum absolute atomic E-state index is 14.6. The smallest absolute Gasteiger partial charge is 0.244 e. The largest absolute Gasteiger partial charge is 0.420 e. The molecular formula is C21H17FN4OS. The highest BCUT2D eigenvalue weighted by molar-refractivity contribution is 7.98. The third-order valence-corrected chi connectivity index (χ3v) is 5.68. The van der Waals surface area contributed by atoms with Crippen LogP contribution < -0.4 is 10.5 Å². The Bertz CT molecular complexity index is 1100. The number of allylic oxidation sites excluding steroid dienone is 1. The van der Waals surface area contributed by atoms with Crippen LogP contribution in [0.1, 0.15) is 28.3 Å². The maximum atomic E-state index is 14.6. The number of nitrogens with zero attached hydrogens (tertiary/aromatic N) is 2. The number of halogens is 1. The highest BCUT2D eigenvalue weighted by Crippen LogP contribution is 2.44. The Morgan fingerprint density at radius 3 is 2.71 bits per heavy atom. The predicted molar refractivity (Wildman–Crippen MR) is 105 cm³/mol. The number of H-pyrrole nitrogens is 1. The molecule has 0 saturated carbocycles. The third kappa shape index (κ3) is 3.23. The molecule has 1 aliphatic rings. The molecule has 0 radical (unpaired) electrons. The molecule has 3 aromatic rings. The summed E-state index contributed by atoms with van der Waals surface area (Å²) in [5.41, 5.74) is 9.09. The van der Waals surface area contributed by atoms with Crippen LogP contribution in [0.5, 0.6) is 5.88 Å². The van der Waals surface area contributed by atoms with Crippen molar-refractivity contribution in [2.75, 3.05) is 0 Å². The van der Waals surface area contributed by atoms with Crippen LogP contribution in [0.2, 0.25) is 0 Å². The van der Waals surface area contributed by atoms with E-state index in [1.165, 1.54) is 11.6 Å². The number of fused-ring (bicyclic) bond motifs is 1. The normalized spacial score (nSPS) is 15.7. The highest BCUT2D eigenvalue weighted by Gasteiger charge is 2.36. The molecule has 0 unspecified atom stereocenters. The minimum atomic E-state index is -0.665. The third-order valence-electron chi connectivity index (χ3n) is 4.64. The van der Waals surface area contributed by atoms with E-state index in [4.69, 9.17) is 10.5 Å².